The van der Waals surface area contributed by atoms with Gasteiger partial charge in [-0.25, -0.2) is 0 Å². The third-order valence-electron chi connectivity index (χ3n) is 4.35. The minimum absolute atomic E-state index is 0.0460. The zero-order valence-corrected chi connectivity index (χ0v) is 14.9. The third kappa shape index (κ3) is 7.22. The molecule has 1 fully saturated rings. The number of para-hydroxylation sites is 1. The largest absolute Gasteiger partial charge is 0.490 e. The number of hydrogen-bond acceptors (Lipinski definition) is 2. The second kappa shape index (κ2) is 9.77. The Labute approximate surface area is 141 Å². The topological polar surface area (TPSA) is 21.8 Å². The van der Waals surface area contributed by atoms with Gasteiger partial charge in [-0.1, -0.05) is 50.1 Å². The molecule has 1 aromatic carbocycles. The Hall–Kier alpha value is -1.28. The number of rotatable bonds is 12. The van der Waals surface area contributed by atoms with Crippen molar-refractivity contribution >= 4 is 0 Å². The van der Waals surface area contributed by atoms with Gasteiger partial charge in [-0.15, -0.1) is 0 Å². The lowest BCUT2D eigenvalue weighted by Gasteiger charge is -2.13. The highest BCUT2D eigenvalue weighted by Gasteiger charge is 2.40. The average molecular weight is 316 g/mol. The highest BCUT2D eigenvalue weighted by molar-refractivity contribution is 5.33. The van der Waals surface area contributed by atoms with Gasteiger partial charge < -0.3 is 9.47 Å². The molecule has 0 spiro atoms. The van der Waals surface area contributed by atoms with Crippen LogP contribution in [0.5, 0.6) is 5.75 Å². The number of ether oxygens (including phenoxy) is 2. The Bertz CT molecular complexity index is 474. The van der Waals surface area contributed by atoms with E-state index in [1.807, 2.05) is 6.07 Å². The Morgan fingerprint density at radius 3 is 2.48 bits per heavy atom. The van der Waals surface area contributed by atoms with Crippen molar-refractivity contribution in [2.45, 2.75) is 70.8 Å². The summed E-state index contributed by atoms with van der Waals surface area (Å²) in [5.41, 5.74) is 1.28. The molecule has 1 unspecified atom stereocenters. The Kier molecular flexibility index (Phi) is 7.67. The molecule has 0 radical (unpaired) electrons. The molecule has 0 saturated carbocycles. The number of benzene rings is 1. The van der Waals surface area contributed by atoms with Crippen molar-refractivity contribution in [3.63, 3.8) is 0 Å². The second-order valence-electron chi connectivity index (χ2n) is 6.85. The van der Waals surface area contributed by atoms with Gasteiger partial charge in [-0.05, 0) is 57.1 Å². The highest BCUT2D eigenvalue weighted by atomic mass is 16.6. The van der Waals surface area contributed by atoms with Crippen LogP contribution in [0.15, 0.2) is 36.4 Å². The summed E-state index contributed by atoms with van der Waals surface area (Å²) in [7, 11) is 0. The number of allylic oxidation sites excluding steroid dienone is 2. The first-order chi connectivity index (χ1) is 11.2. The Morgan fingerprint density at radius 1 is 1.09 bits per heavy atom. The van der Waals surface area contributed by atoms with E-state index < -0.39 is 0 Å². The van der Waals surface area contributed by atoms with E-state index >= 15 is 0 Å². The van der Waals surface area contributed by atoms with E-state index in [0.29, 0.717) is 6.61 Å². The van der Waals surface area contributed by atoms with Crippen LogP contribution in [0, 0.1) is 0 Å². The van der Waals surface area contributed by atoms with Crippen LogP contribution < -0.4 is 4.74 Å². The fourth-order valence-corrected chi connectivity index (χ4v) is 2.61. The van der Waals surface area contributed by atoms with Crippen molar-refractivity contribution in [3.8, 4) is 5.75 Å². The van der Waals surface area contributed by atoms with Crippen LogP contribution in [0.25, 0.3) is 0 Å². The molecule has 1 saturated heterocycles. The maximum absolute atomic E-state index is 5.96. The molecule has 2 rings (SSSR count). The lowest BCUT2D eigenvalue weighted by molar-refractivity contribution is 0.201. The van der Waals surface area contributed by atoms with Crippen molar-refractivity contribution in [1.82, 2.24) is 0 Å². The molecule has 1 aliphatic heterocycles. The first-order valence-corrected chi connectivity index (χ1v) is 9.23. The van der Waals surface area contributed by atoms with Crippen molar-refractivity contribution in [1.29, 1.82) is 0 Å². The van der Waals surface area contributed by atoms with Gasteiger partial charge >= 0.3 is 0 Å². The number of hydrogen-bond donors (Lipinski definition) is 0. The minimum Gasteiger partial charge on any atom is -0.490 e. The predicted molar refractivity (Wildman–Crippen MR) is 97.1 cm³/mol. The zero-order valence-electron chi connectivity index (χ0n) is 14.9. The average Bonchev–Trinajstić information content (AvgIpc) is 3.30. The molecular formula is C21H32O2. The summed E-state index contributed by atoms with van der Waals surface area (Å²) in [6.07, 6.45) is 14.7. The first-order valence-electron chi connectivity index (χ1n) is 9.23. The van der Waals surface area contributed by atoms with Gasteiger partial charge in [0.25, 0.3) is 0 Å². The normalized spacial score (nSPS) is 20.1. The van der Waals surface area contributed by atoms with Gasteiger partial charge in [0, 0.05) is 0 Å². The molecule has 0 bridgehead atoms. The number of unbranched alkanes of at least 4 members (excludes halogenated alkanes) is 5. The van der Waals surface area contributed by atoms with E-state index in [9.17, 15) is 0 Å². The SMILES string of the molecule is CCCCC/C=C/CCCCc1ccccc1OCC1(C)CO1. The van der Waals surface area contributed by atoms with E-state index in [1.165, 1.54) is 50.5 Å². The third-order valence-corrected chi connectivity index (χ3v) is 4.35. The molecule has 0 N–H and O–H groups in total. The summed E-state index contributed by atoms with van der Waals surface area (Å²) in [5.74, 6) is 1.03. The summed E-state index contributed by atoms with van der Waals surface area (Å²) in [5, 5.41) is 0. The summed E-state index contributed by atoms with van der Waals surface area (Å²) < 4.78 is 11.3. The molecule has 0 aliphatic carbocycles. The van der Waals surface area contributed by atoms with E-state index in [-0.39, 0.29) is 5.60 Å². The molecule has 128 valence electrons. The van der Waals surface area contributed by atoms with E-state index in [2.05, 4.69) is 44.2 Å². The van der Waals surface area contributed by atoms with Gasteiger partial charge in [0.15, 0.2) is 0 Å². The number of epoxide rings is 1. The predicted octanol–water partition coefficient (Wildman–Crippen LogP) is 5.70. The molecular weight excluding hydrogens is 284 g/mol. The smallest absolute Gasteiger partial charge is 0.123 e. The van der Waals surface area contributed by atoms with Crippen LogP contribution in [-0.2, 0) is 11.2 Å². The lowest BCUT2D eigenvalue weighted by atomic mass is 10.1. The zero-order chi connectivity index (χ0) is 16.4. The van der Waals surface area contributed by atoms with Gasteiger partial charge in [0.05, 0.1) is 6.61 Å². The summed E-state index contributed by atoms with van der Waals surface area (Å²) in [6, 6.07) is 8.42. The van der Waals surface area contributed by atoms with Crippen LogP contribution in [-0.4, -0.2) is 18.8 Å². The fraction of sp³-hybridized carbons (Fsp3) is 0.619. The molecule has 2 nitrogen and oxygen atoms in total. The van der Waals surface area contributed by atoms with Gasteiger partial charge in [0.1, 0.15) is 18.0 Å². The van der Waals surface area contributed by atoms with Gasteiger partial charge in [-0.3, -0.25) is 0 Å². The Morgan fingerprint density at radius 2 is 1.78 bits per heavy atom. The standard InChI is InChI=1S/C21H32O2/c1-3-4-5-6-7-8-9-10-11-14-19-15-12-13-16-20(19)22-17-21(2)18-23-21/h7-8,12-13,15-16H,3-6,9-11,14,17-18H2,1-2H3/b8-7+. The van der Waals surface area contributed by atoms with Crippen LogP contribution >= 0.6 is 0 Å². The summed E-state index contributed by atoms with van der Waals surface area (Å²) in [6.45, 7) is 5.83. The molecule has 1 aromatic rings. The second-order valence-corrected chi connectivity index (χ2v) is 6.85. The van der Waals surface area contributed by atoms with Gasteiger partial charge in [-0.2, -0.15) is 0 Å². The Balaban J connectivity index is 1.63. The molecule has 1 atom stereocenters. The van der Waals surface area contributed by atoms with Crippen molar-refractivity contribution in [2.24, 2.45) is 0 Å². The molecule has 2 heteroatoms. The van der Waals surface area contributed by atoms with Crippen LogP contribution in [0.1, 0.15) is 64.4 Å². The lowest BCUT2D eigenvalue weighted by Crippen LogP contribution is -2.17. The van der Waals surface area contributed by atoms with E-state index in [1.54, 1.807) is 0 Å². The fourth-order valence-electron chi connectivity index (χ4n) is 2.61. The van der Waals surface area contributed by atoms with Crippen molar-refractivity contribution in [2.75, 3.05) is 13.2 Å². The number of aryl methyl sites for hydroxylation is 1. The summed E-state index contributed by atoms with van der Waals surface area (Å²) in [4.78, 5) is 0. The minimum atomic E-state index is -0.0460. The monoisotopic (exact) mass is 316 g/mol. The van der Waals surface area contributed by atoms with E-state index in [4.69, 9.17) is 9.47 Å². The van der Waals surface area contributed by atoms with Crippen LogP contribution in [0.4, 0.5) is 0 Å². The quantitative estimate of drug-likeness (QED) is 0.280. The molecule has 1 aliphatic rings. The maximum atomic E-state index is 5.96. The van der Waals surface area contributed by atoms with Crippen molar-refractivity contribution in [3.05, 3.63) is 42.0 Å². The van der Waals surface area contributed by atoms with E-state index in [0.717, 1.165) is 18.8 Å². The molecule has 0 aromatic heterocycles. The summed E-state index contributed by atoms with van der Waals surface area (Å²) >= 11 is 0. The van der Waals surface area contributed by atoms with Crippen LogP contribution in [0.2, 0.25) is 0 Å². The van der Waals surface area contributed by atoms with Gasteiger partial charge in [0.2, 0.25) is 0 Å². The molecule has 1 heterocycles. The first kappa shape index (κ1) is 18.1. The highest BCUT2D eigenvalue weighted by Crippen LogP contribution is 2.28. The molecule has 23 heavy (non-hydrogen) atoms. The maximum Gasteiger partial charge on any atom is 0.123 e. The van der Waals surface area contributed by atoms with Crippen LogP contribution in [0.3, 0.4) is 0 Å². The molecule has 0 amide bonds. The van der Waals surface area contributed by atoms with Crippen molar-refractivity contribution < 1.29 is 9.47 Å².